The smallest absolute Gasteiger partial charge is 0.220 e. The Balaban J connectivity index is 2.87. The van der Waals surface area contributed by atoms with Crippen molar-refractivity contribution in [2.24, 2.45) is 0 Å². The predicted molar refractivity (Wildman–Crippen MR) is 47.1 cm³/mol. The Kier molecular flexibility index (Phi) is 2.97. The predicted octanol–water partition coefficient (Wildman–Crippen LogP) is 2.79. The Labute approximate surface area is 72.8 Å². The van der Waals surface area contributed by atoms with Gasteiger partial charge in [0.05, 0.1) is 6.61 Å². The first-order valence-corrected chi connectivity index (χ1v) is 4.20. The number of hydrogen-bond donors (Lipinski definition) is 0. The Hall–Kier alpha value is -1.18. The standard InChI is InChI=1S/C10H13O2/c1-3-8-5-6-10(12-4-2)9(11)7-8/h5-7H,3-4H2,1-2H3. The van der Waals surface area contributed by atoms with Crippen LogP contribution in [0.1, 0.15) is 19.4 Å². The zero-order valence-electron chi connectivity index (χ0n) is 7.46. The Morgan fingerprint density at radius 2 is 2.08 bits per heavy atom. The van der Waals surface area contributed by atoms with Crippen LogP contribution >= 0.6 is 0 Å². The van der Waals surface area contributed by atoms with E-state index in [1.165, 1.54) is 0 Å². The van der Waals surface area contributed by atoms with E-state index >= 15 is 0 Å². The Bertz CT molecular complexity index is 256. The first kappa shape index (κ1) is 8.91. The molecule has 0 aliphatic heterocycles. The summed E-state index contributed by atoms with van der Waals surface area (Å²) in [4.78, 5) is 0. The van der Waals surface area contributed by atoms with Crippen molar-refractivity contribution in [2.75, 3.05) is 6.61 Å². The van der Waals surface area contributed by atoms with Crippen molar-refractivity contribution < 1.29 is 9.84 Å². The molecule has 0 aromatic heterocycles. The van der Waals surface area contributed by atoms with E-state index in [-0.39, 0.29) is 5.75 Å². The SMILES string of the molecule is CCOc1ccc(CC)cc1[O]. The first-order chi connectivity index (χ1) is 5.77. The molecule has 1 radical (unpaired) electrons. The summed E-state index contributed by atoms with van der Waals surface area (Å²) in [6, 6.07) is 5.29. The molecule has 1 aromatic rings. The lowest BCUT2D eigenvalue weighted by Gasteiger charge is -2.04. The van der Waals surface area contributed by atoms with Crippen LogP contribution in [0.2, 0.25) is 0 Å². The van der Waals surface area contributed by atoms with E-state index in [4.69, 9.17) is 4.74 Å². The lowest BCUT2D eigenvalue weighted by molar-refractivity contribution is 0.287. The highest BCUT2D eigenvalue weighted by Crippen LogP contribution is 2.27. The summed E-state index contributed by atoms with van der Waals surface area (Å²) < 4.78 is 5.12. The van der Waals surface area contributed by atoms with Gasteiger partial charge < -0.3 is 4.74 Å². The van der Waals surface area contributed by atoms with E-state index < -0.39 is 0 Å². The van der Waals surface area contributed by atoms with E-state index in [0.717, 1.165) is 12.0 Å². The normalized spacial score (nSPS) is 9.83. The maximum atomic E-state index is 11.3. The average molecular weight is 165 g/mol. The lowest BCUT2D eigenvalue weighted by atomic mass is 10.1. The van der Waals surface area contributed by atoms with E-state index in [2.05, 4.69) is 0 Å². The second-order valence-electron chi connectivity index (χ2n) is 2.57. The fraction of sp³-hybridized carbons (Fsp3) is 0.400. The van der Waals surface area contributed by atoms with Gasteiger partial charge in [-0.2, -0.15) is 0 Å². The molecule has 0 saturated heterocycles. The van der Waals surface area contributed by atoms with Crippen molar-refractivity contribution in [3.8, 4) is 11.5 Å². The van der Waals surface area contributed by atoms with Crippen molar-refractivity contribution in [2.45, 2.75) is 20.3 Å². The van der Waals surface area contributed by atoms with Gasteiger partial charge >= 0.3 is 0 Å². The van der Waals surface area contributed by atoms with Crippen molar-refractivity contribution in [3.05, 3.63) is 23.8 Å². The number of benzene rings is 1. The van der Waals surface area contributed by atoms with Crippen LogP contribution in [-0.2, 0) is 11.5 Å². The molecule has 0 aliphatic rings. The van der Waals surface area contributed by atoms with Crippen LogP contribution in [0.3, 0.4) is 0 Å². The van der Waals surface area contributed by atoms with Gasteiger partial charge in [-0.05, 0) is 31.0 Å². The van der Waals surface area contributed by atoms with E-state index in [9.17, 15) is 5.11 Å². The molecule has 0 spiro atoms. The number of ether oxygens (including phenoxy) is 1. The molecule has 0 fully saturated rings. The maximum absolute atomic E-state index is 11.3. The molecule has 12 heavy (non-hydrogen) atoms. The van der Waals surface area contributed by atoms with E-state index in [1.807, 2.05) is 19.9 Å². The average Bonchev–Trinajstić information content (AvgIpc) is 2.09. The van der Waals surface area contributed by atoms with Gasteiger partial charge in [-0.15, -0.1) is 0 Å². The summed E-state index contributed by atoms with van der Waals surface area (Å²) in [5.74, 6) is 0.436. The van der Waals surface area contributed by atoms with Crippen LogP contribution in [-0.4, -0.2) is 6.61 Å². The third kappa shape index (κ3) is 1.91. The highest BCUT2D eigenvalue weighted by molar-refractivity contribution is 5.41. The van der Waals surface area contributed by atoms with Gasteiger partial charge in [0.1, 0.15) is 0 Å². The minimum absolute atomic E-state index is 0.0174. The molecule has 2 heteroatoms. The zero-order chi connectivity index (χ0) is 8.97. The minimum Gasteiger partial charge on any atom is -0.490 e. The second kappa shape index (κ2) is 4.00. The molecule has 0 saturated carbocycles. The molecule has 1 rings (SSSR count). The summed E-state index contributed by atoms with van der Waals surface area (Å²) >= 11 is 0. The second-order valence-corrected chi connectivity index (χ2v) is 2.57. The van der Waals surface area contributed by atoms with E-state index in [0.29, 0.717) is 12.4 Å². The quantitative estimate of drug-likeness (QED) is 0.677. The van der Waals surface area contributed by atoms with Crippen LogP contribution in [0.5, 0.6) is 11.5 Å². The van der Waals surface area contributed by atoms with Crippen molar-refractivity contribution >= 4 is 0 Å². The van der Waals surface area contributed by atoms with Crippen LogP contribution in [0.15, 0.2) is 18.2 Å². The van der Waals surface area contributed by atoms with Crippen LogP contribution in [0, 0.1) is 0 Å². The fourth-order valence-electron chi connectivity index (χ4n) is 1.05. The highest BCUT2D eigenvalue weighted by atomic mass is 16.5. The van der Waals surface area contributed by atoms with Crippen molar-refractivity contribution in [1.29, 1.82) is 0 Å². The molecule has 0 heterocycles. The molecule has 0 atom stereocenters. The third-order valence-corrected chi connectivity index (χ3v) is 1.72. The lowest BCUT2D eigenvalue weighted by Crippen LogP contribution is -1.91. The molecule has 0 unspecified atom stereocenters. The third-order valence-electron chi connectivity index (χ3n) is 1.72. The number of hydrogen-bond acceptors (Lipinski definition) is 1. The largest absolute Gasteiger partial charge is 0.490 e. The minimum atomic E-state index is -0.0174. The number of rotatable bonds is 3. The van der Waals surface area contributed by atoms with Gasteiger partial charge in [0.25, 0.3) is 0 Å². The highest BCUT2D eigenvalue weighted by Gasteiger charge is 2.03. The van der Waals surface area contributed by atoms with Gasteiger partial charge in [0.15, 0.2) is 5.75 Å². The first-order valence-electron chi connectivity index (χ1n) is 4.20. The molecule has 0 aliphatic carbocycles. The fourth-order valence-corrected chi connectivity index (χ4v) is 1.05. The summed E-state index contributed by atoms with van der Waals surface area (Å²) in [6.45, 7) is 4.43. The number of aryl methyl sites for hydroxylation is 1. The van der Waals surface area contributed by atoms with Gasteiger partial charge in [0.2, 0.25) is 5.75 Å². The molecule has 65 valence electrons. The molecule has 0 bridgehead atoms. The molecular formula is C10H13O2. The van der Waals surface area contributed by atoms with Gasteiger partial charge in [-0.1, -0.05) is 13.0 Å². The van der Waals surface area contributed by atoms with Gasteiger partial charge in [-0.3, -0.25) is 5.11 Å². The van der Waals surface area contributed by atoms with Gasteiger partial charge in [0, 0.05) is 0 Å². The van der Waals surface area contributed by atoms with Crippen LogP contribution in [0.25, 0.3) is 0 Å². The molecule has 2 nitrogen and oxygen atoms in total. The molecule has 1 aromatic carbocycles. The van der Waals surface area contributed by atoms with Gasteiger partial charge in [-0.25, -0.2) is 0 Å². The molecule has 0 N–H and O–H groups in total. The topological polar surface area (TPSA) is 29.1 Å². The zero-order valence-corrected chi connectivity index (χ0v) is 7.46. The monoisotopic (exact) mass is 165 g/mol. The molecular weight excluding hydrogens is 152 g/mol. The maximum Gasteiger partial charge on any atom is 0.220 e. The summed E-state index contributed by atoms with van der Waals surface area (Å²) in [5, 5.41) is 11.3. The Morgan fingerprint density at radius 3 is 2.58 bits per heavy atom. The Morgan fingerprint density at radius 1 is 1.33 bits per heavy atom. The summed E-state index contributed by atoms with van der Waals surface area (Å²) in [5.41, 5.74) is 1.06. The molecule has 0 amide bonds. The van der Waals surface area contributed by atoms with Crippen molar-refractivity contribution in [1.82, 2.24) is 0 Å². The van der Waals surface area contributed by atoms with Crippen molar-refractivity contribution in [3.63, 3.8) is 0 Å². The van der Waals surface area contributed by atoms with Crippen LogP contribution in [0.4, 0.5) is 0 Å². The van der Waals surface area contributed by atoms with Crippen LogP contribution < -0.4 is 4.74 Å². The van der Waals surface area contributed by atoms with E-state index in [1.54, 1.807) is 12.1 Å². The summed E-state index contributed by atoms with van der Waals surface area (Å²) in [6.07, 6.45) is 0.891. The summed E-state index contributed by atoms with van der Waals surface area (Å²) in [7, 11) is 0.